The Kier molecular flexibility index (Phi) is 4.58. The number of carbonyl (C=O) groups excluding carboxylic acids is 1. The zero-order valence-corrected chi connectivity index (χ0v) is 18.4. The molecule has 1 aliphatic carbocycles. The van der Waals surface area contributed by atoms with E-state index in [9.17, 15) is 4.79 Å². The summed E-state index contributed by atoms with van der Waals surface area (Å²) >= 11 is 0. The van der Waals surface area contributed by atoms with Gasteiger partial charge in [0.1, 0.15) is 11.6 Å². The van der Waals surface area contributed by atoms with E-state index in [0.29, 0.717) is 12.4 Å². The molecule has 5 heterocycles. The van der Waals surface area contributed by atoms with Crippen LogP contribution in [0.3, 0.4) is 0 Å². The van der Waals surface area contributed by atoms with Gasteiger partial charge in [0, 0.05) is 50.2 Å². The molecule has 3 aromatic heterocycles. The molecule has 3 aliphatic rings. The lowest BCUT2D eigenvalue weighted by Crippen LogP contribution is -2.44. The number of hydrogen-bond donors (Lipinski definition) is 2. The second kappa shape index (κ2) is 7.51. The molecule has 2 aliphatic heterocycles. The number of anilines is 3. The summed E-state index contributed by atoms with van der Waals surface area (Å²) in [5, 5.41) is 4.27. The van der Waals surface area contributed by atoms with Crippen molar-refractivity contribution in [2.24, 2.45) is 11.1 Å². The van der Waals surface area contributed by atoms with Crippen LogP contribution >= 0.6 is 0 Å². The van der Waals surface area contributed by atoms with Crippen LogP contribution in [0.15, 0.2) is 36.8 Å². The van der Waals surface area contributed by atoms with Crippen LogP contribution in [0.25, 0.3) is 0 Å². The van der Waals surface area contributed by atoms with Gasteiger partial charge in [-0.1, -0.05) is 6.07 Å². The third kappa shape index (κ3) is 3.16. The minimum Gasteiger partial charge on any atom is -0.382 e. The second-order valence-electron chi connectivity index (χ2n) is 9.23. The number of pyridine rings is 1. The van der Waals surface area contributed by atoms with Gasteiger partial charge in [-0.05, 0) is 42.7 Å². The lowest BCUT2D eigenvalue weighted by atomic mass is 9.73. The number of aromatic nitrogens is 5. The minimum absolute atomic E-state index is 0.0116. The summed E-state index contributed by atoms with van der Waals surface area (Å²) in [6.45, 7) is 3.04. The molecule has 33 heavy (non-hydrogen) atoms. The Morgan fingerprint density at radius 2 is 1.94 bits per heavy atom. The molecule has 1 unspecified atom stereocenters. The molecule has 1 saturated heterocycles. The molecule has 1 spiro atoms. The average Bonchev–Trinajstić information content (AvgIpc) is 3.42. The largest absolute Gasteiger partial charge is 0.382 e. The Labute approximate surface area is 191 Å². The van der Waals surface area contributed by atoms with Crippen LogP contribution in [0.5, 0.6) is 0 Å². The molecule has 0 radical (unpaired) electrons. The van der Waals surface area contributed by atoms with E-state index >= 15 is 0 Å². The van der Waals surface area contributed by atoms with E-state index in [1.54, 1.807) is 17.3 Å². The van der Waals surface area contributed by atoms with Gasteiger partial charge >= 0.3 is 0 Å². The van der Waals surface area contributed by atoms with E-state index in [0.717, 1.165) is 56.8 Å². The monoisotopic (exact) mass is 445 g/mol. The van der Waals surface area contributed by atoms with Crippen LogP contribution in [0.2, 0.25) is 0 Å². The molecule has 170 valence electrons. The number of rotatable bonds is 2. The summed E-state index contributed by atoms with van der Waals surface area (Å²) in [5.74, 6) is 1.38. The Hall–Kier alpha value is -3.53. The molecule has 0 bridgehead atoms. The Bertz CT molecular complexity index is 1210. The van der Waals surface area contributed by atoms with Gasteiger partial charge in [0.05, 0.1) is 12.4 Å². The van der Waals surface area contributed by atoms with Crippen LogP contribution in [0.4, 0.5) is 17.5 Å². The highest BCUT2D eigenvalue weighted by molar-refractivity contribution is 6.07. The molecule has 1 amide bonds. The first-order chi connectivity index (χ1) is 16.1. The zero-order chi connectivity index (χ0) is 22.6. The average molecular weight is 446 g/mol. The van der Waals surface area contributed by atoms with E-state index < -0.39 is 0 Å². The van der Waals surface area contributed by atoms with Gasteiger partial charge in [0.15, 0.2) is 11.5 Å². The first kappa shape index (κ1) is 20.1. The molecular weight excluding hydrogens is 418 g/mol. The molecule has 3 aromatic rings. The third-order valence-electron chi connectivity index (χ3n) is 7.48. The molecule has 10 heteroatoms. The van der Waals surface area contributed by atoms with E-state index in [-0.39, 0.29) is 28.9 Å². The van der Waals surface area contributed by atoms with E-state index in [1.165, 1.54) is 5.56 Å². The van der Waals surface area contributed by atoms with E-state index in [4.69, 9.17) is 11.5 Å². The van der Waals surface area contributed by atoms with Crippen molar-refractivity contribution >= 4 is 23.4 Å². The summed E-state index contributed by atoms with van der Waals surface area (Å²) in [5.41, 5.74) is 15.4. The topological polar surface area (TPSA) is 132 Å². The summed E-state index contributed by atoms with van der Waals surface area (Å²) in [7, 11) is 0. The number of carbonyl (C=O) groups is 1. The van der Waals surface area contributed by atoms with Crippen molar-refractivity contribution in [1.29, 1.82) is 0 Å². The summed E-state index contributed by atoms with van der Waals surface area (Å²) in [4.78, 5) is 30.6. The summed E-state index contributed by atoms with van der Waals surface area (Å²) < 4.78 is 1.82. The van der Waals surface area contributed by atoms with E-state index in [1.807, 2.05) is 23.0 Å². The molecule has 1 fully saturated rings. The van der Waals surface area contributed by atoms with Crippen molar-refractivity contribution < 1.29 is 4.79 Å². The number of fused-ring (bicyclic) bond motifs is 2. The smallest absolute Gasteiger partial charge is 0.281 e. The maximum absolute atomic E-state index is 13.2. The Morgan fingerprint density at radius 3 is 2.73 bits per heavy atom. The normalized spacial score (nSPS) is 21.2. The lowest BCUT2D eigenvalue weighted by Gasteiger charge is -2.42. The van der Waals surface area contributed by atoms with Crippen molar-refractivity contribution in [3.8, 4) is 0 Å². The van der Waals surface area contributed by atoms with Crippen LogP contribution in [-0.2, 0) is 13.0 Å². The zero-order valence-electron chi connectivity index (χ0n) is 18.4. The first-order valence-corrected chi connectivity index (χ1v) is 11.5. The van der Waals surface area contributed by atoms with Gasteiger partial charge in [-0.25, -0.2) is 14.6 Å². The predicted octanol–water partition coefficient (Wildman–Crippen LogP) is 1.54. The molecule has 1 atom stereocenters. The number of nitrogens with zero attached hydrogens (tertiary/aromatic N) is 7. The fraction of sp³-hybridized carbons (Fsp3) is 0.435. The highest BCUT2D eigenvalue weighted by Crippen LogP contribution is 2.50. The fourth-order valence-electron chi connectivity index (χ4n) is 5.59. The highest BCUT2D eigenvalue weighted by Gasteiger charge is 2.46. The molecule has 6 rings (SSSR count). The van der Waals surface area contributed by atoms with Crippen LogP contribution < -0.4 is 21.3 Å². The first-order valence-electron chi connectivity index (χ1n) is 11.5. The van der Waals surface area contributed by atoms with E-state index in [2.05, 4.69) is 31.0 Å². The number of nitrogens with two attached hydrogens (primary N) is 2. The van der Waals surface area contributed by atoms with Gasteiger partial charge in [-0.3, -0.25) is 14.7 Å². The second-order valence-corrected chi connectivity index (χ2v) is 9.23. The number of nitrogen functional groups attached to an aromatic ring is 1. The molecule has 10 nitrogen and oxygen atoms in total. The van der Waals surface area contributed by atoms with Crippen molar-refractivity contribution in [2.75, 3.05) is 35.2 Å². The number of piperidine rings is 1. The van der Waals surface area contributed by atoms with Crippen molar-refractivity contribution in [1.82, 2.24) is 24.7 Å². The van der Waals surface area contributed by atoms with Crippen LogP contribution in [0.1, 0.15) is 47.1 Å². The lowest BCUT2D eigenvalue weighted by molar-refractivity contribution is 0.0977. The van der Waals surface area contributed by atoms with Crippen LogP contribution in [0, 0.1) is 5.41 Å². The fourth-order valence-corrected chi connectivity index (χ4v) is 5.59. The Morgan fingerprint density at radius 1 is 1.09 bits per heavy atom. The number of hydrogen-bond acceptors (Lipinski definition) is 8. The van der Waals surface area contributed by atoms with Crippen molar-refractivity contribution in [3.05, 3.63) is 53.7 Å². The molecule has 4 N–H and O–H groups in total. The maximum Gasteiger partial charge on any atom is 0.281 e. The van der Waals surface area contributed by atoms with Gasteiger partial charge in [-0.15, -0.1) is 0 Å². The summed E-state index contributed by atoms with van der Waals surface area (Å²) in [6.07, 6.45) is 8.86. The SMILES string of the molecule is Nc1nc(N2CCC3(CC2)Cc2ncccc2C3N)cnc1C(=O)N1CCCn2nccc21. The third-order valence-corrected chi connectivity index (χ3v) is 7.48. The molecule has 0 aromatic carbocycles. The highest BCUT2D eigenvalue weighted by atomic mass is 16.2. The quantitative estimate of drug-likeness (QED) is 0.607. The van der Waals surface area contributed by atoms with Gasteiger partial charge in [0.2, 0.25) is 0 Å². The minimum atomic E-state index is -0.243. The van der Waals surface area contributed by atoms with Gasteiger partial charge in [-0.2, -0.15) is 5.10 Å². The van der Waals surface area contributed by atoms with Crippen molar-refractivity contribution in [3.63, 3.8) is 0 Å². The Balaban J connectivity index is 1.18. The predicted molar refractivity (Wildman–Crippen MR) is 124 cm³/mol. The maximum atomic E-state index is 13.2. The molecular formula is C23H27N9O. The summed E-state index contributed by atoms with van der Waals surface area (Å²) in [6, 6.07) is 5.91. The standard InChI is InChI=1S/C23H27N9O/c24-20-15-3-1-7-26-16(15)13-23(20)5-11-30(12-6-23)17-14-27-19(21(25)29-17)22(33)31-9-2-10-32-18(31)4-8-28-32/h1,3-4,7-8,14,20H,2,5-6,9-13,24H2,(H2,25,29). The molecule has 0 saturated carbocycles. The van der Waals surface area contributed by atoms with Gasteiger partial charge < -0.3 is 16.4 Å². The number of aryl methyl sites for hydroxylation is 1. The van der Waals surface area contributed by atoms with Gasteiger partial charge in [0.25, 0.3) is 5.91 Å². The van der Waals surface area contributed by atoms with Crippen LogP contribution in [-0.4, -0.2) is 50.3 Å². The number of amides is 1. The van der Waals surface area contributed by atoms with Crippen molar-refractivity contribution in [2.45, 2.75) is 38.3 Å².